The van der Waals surface area contributed by atoms with Crippen LogP contribution in [0.4, 0.5) is 0 Å². The Morgan fingerprint density at radius 3 is 2.64 bits per heavy atom. The molecular weight excluding hydrogens is 274 g/mol. The van der Waals surface area contributed by atoms with Gasteiger partial charge in [0, 0.05) is 26.2 Å². The van der Waals surface area contributed by atoms with E-state index in [-0.39, 0.29) is 5.91 Å². The molecule has 1 amide bonds. The highest BCUT2D eigenvalue weighted by Crippen LogP contribution is 2.18. The van der Waals surface area contributed by atoms with Crippen LogP contribution < -0.4 is 0 Å². The molecule has 0 unspecified atom stereocenters. The van der Waals surface area contributed by atoms with Crippen molar-refractivity contribution in [2.75, 3.05) is 7.05 Å². The second kappa shape index (κ2) is 5.64. The van der Waals surface area contributed by atoms with E-state index in [0.717, 1.165) is 22.4 Å². The third-order valence-electron chi connectivity index (χ3n) is 3.96. The molecular formula is C18H19N3O. The average Bonchev–Trinajstić information content (AvgIpc) is 2.81. The number of aryl methyl sites for hydroxylation is 2. The van der Waals surface area contributed by atoms with Crippen molar-refractivity contribution in [2.24, 2.45) is 7.05 Å². The van der Waals surface area contributed by atoms with Crippen LogP contribution >= 0.6 is 0 Å². The smallest absolute Gasteiger partial charge is 0.253 e. The highest BCUT2D eigenvalue weighted by molar-refractivity contribution is 5.97. The molecule has 0 saturated carbocycles. The van der Waals surface area contributed by atoms with Crippen LogP contribution in [0.15, 0.2) is 48.5 Å². The molecule has 4 nitrogen and oxygen atoms in total. The standard InChI is InChI=1S/C18H19N3O/c1-13-19-16-11-15(9-10-17(16)21(13)3)18(22)20(2)12-14-7-5-4-6-8-14/h4-11H,12H2,1-3H3. The minimum absolute atomic E-state index is 0.00839. The lowest BCUT2D eigenvalue weighted by Crippen LogP contribution is -2.26. The summed E-state index contributed by atoms with van der Waals surface area (Å²) in [6.07, 6.45) is 0. The van der Waals surface area contributed by atoms with E-state index in [2.05, 4.69) is 4.98 Å². The Hall–Kier alpha value is -2.62. The van der Waals surface area contributed by atoms with Crippen LogP contribution in [0.1, 0.15) is 21.7 Å². The normalized spacial score (nSPS) is 10.9. The van der Waals surface area contributed by atoms with Crippen molar-refractivity contribution in [3.63, 3.8) is 0 Å². The maximum Gasteiger partial charge on any atom is 0.253 e. The van der Waals surface area contributed by atoms with Crippen molar-refractivity contribution >= 4 is 16.9 Å². The predicted molar refractivity (Wildman–Crippen MR) is 87.7 cm³/mol. The predicted octanol–water partition coefficient (Wildman–Crippen LogP) is 3.15. The van der Waals surface area contributed by atoms with Crippen LogP contribution in [0.25, 0.3) is 11.0 Å². The molecule has 22 heavy (non-hydrogen) atoms. The van der Waals surface area contributed by atoms with Gasteiger partial charge < -0.3 is 9.47 Å². The first-order chi connectivity index (χ1) is 10.6. The quantitative estimate of drug-likeness (QED) is 0.744. The van der Waals surface area contributed by atoms with Gasteiger partial charge in [0.25, 0.3) is 5.91 Å². The summed E-state index contributed by atoms with van der Waals surface area (Å²) in [6, 6.07) is 15.7. The molecule has 0 spiro atoms. The minimum Gasteiger partial charge on any atom is -0.337 e. The third kappa shape index (κ3) is 2.60. The zero-order chi connectivity index (χ0) is 15.7. The molecule has 3 aromatic rings. The second-order valence-corrected chi connectivity index (χ2v) is 5.57. The van der Waals surface area contributed by atoms with Crippen molar-refractivity contribution < 1.29 is 4.79 Å². The van der Waals surface area contributed by atoms with Crippen LogP contribution in [-0.2, 0) is 13.6 Å². The van der Waals surface area contributed by atoms with Crippen LogP contribution in [0, 0.1) is 6.92 Å². The molecule has 3 rings (SSSR count). The van der Waals surface area contributed by atoms with Crippen molar-refractivity contribution in [3.8, 4) is 0 Å². The van der Waals surface area contributed by atoms with Crippen LogP contribution in [-0.4, -0.2) is 27.4 Å². The number of imidazole rings is 1. The first-order valence-corrected chi connectivity index (χ1v) is 7.29. The van der Waals surface area contributed by atoms with Crippen LogP contribution in [0.5, 0.6) is 0 Å². The molecule has 1 aromatic heterocycles. The van der Waals surface area contributed by atoms with E-state index < -0.39 is 0 Å². The summed E-state index contributed by atoms with van der Waals surface area (Å²) in [7, 11) is 3.80. The number of hydrogen-bond donors (Lipinski definition) is 0. The van der Waals surface area contributed by atoms with Gasteiger partial charge in [-0.15, -0.1) is 0 Å². The highest BCUT2D eigenvalue weighted by atomic mass is 16.2. The molecule has 0 atom stereocenters. The molecule has 112 valence electrons. The van der Waals surface area contributed by atoms with E-state index in [1.54, 1.807) is 4.90 Å². The number of amides is 1. The molecule has 0 aliphatic heterocycles. The summed E-state index contributed by atoms with van der Waals surface area (Å²) in [6.45, 7) is 2.56. The Bertz CT molecular complexity index is 821. The highest BCUT2D eigenvalue weighted by Gasteiger charge is 2.14. The zero-order valence-electron chi connectivity index (χ0n) is 13.1. The van der Waals surface area contributed by atoms with Crippen molar-refractivity contribution in [1.82, 2.24) is 14.5 Å². The van der Waals surface area contributed by atoms with E-state index in [9.17, 15) is 4.79 Å². The van der Waals surface area contributed by atoms with Gasteiger partial charge in [-0.25, -0.2) is 4.98 Å². The number of rotatable bonds is 3. The summed E-state index contributed by atoms with van der Waals surface area (Å²) in [4.78, 5) is 18.8. The third-order valence-corrected chi connectivity index (χ3v) is 3.96. The van der Waals surface area contributed by atoms with E-state index >= 15 is 0 Å². The fourth-order valence-corrected chi connectivity index (χ4v) is 2.60. The monoisotopic (exact) mass is 293 g/mol. The molecule has 4 heteroatoms. The van der Waals surface area contributed by atoms with E-state index in [4.69, 9.17) is 0 Å². The molecule has 0 saturated heterocycles. The van der Waals surface area contributed by atoms with Gasteiger partial charge in [-0.05, 0) is 30.7 Å². The number of carbonyl (C=O) groups is 1. The van der Waals surface area contributed by atoms with Crippen molar-refractivity contribution in [2.45, 2.75) is 13.5 Å². The summed E-state index contributed by atoms with van der Waals surface area (Å²) in [5, 5.41) is 0. The van der Waals surface area contributed by atoms with Gasteiger partial charge in [-0.2, -0.15) is 0 Å². The fraction of sp³-hybridized carbons (Fsp3) is 0.222. The molecule has 1 heterocycles. The topological polar surface area (TPSA) is 38.1 Å². The minimum atomic E-state index is 0.00839. The van der Waals surface area contributed by atoms with E-state index in [0.29, 0.717) is 12.1 Å². The number of nitrogens with zero attached hydrogens (tertiary/aromatic N) is 3. The lowest BCUT2D eigenvalue weighted by molar-refractivity contribution is 0.0785. The summed E-state index contributed by atoms with van der Waals surface area (Å²) < 4.78 is 2.03. The summed E-state index contributed by atoms with van der Waals surface area (Å²) in [5.41, 5.74) is 3.69. The number of benzene rings is 2. The Morgan fingerprint density at radius 2 is 1.91 bits per heavy atom. The first-order valence-electron chi connectivity index (χ1n) is 7.29. The molecule has 0 aliphatic rings. The maximum absolute atomic E-state index is 12.6. The van der Waals surface area contributed by atoms with Crippen molar-refractivity contribution in [3.05, 3.63) is 65.5 Å². The number of aromatic nitrogens is 2. The Balaban J connectivity index is 1.85. The molecule has 0 radical (unpaired) electrons. The van der Waals surface area contributed by atoms with Crippen LogP contribution in [0.2, 0.25) is 0 Å². The van der Waals surface area contributed by atoms with Crippen LogP contribution in [0.3, 0.4) is 0 Å². The summed E-state index contributed by atoms with van der Waals surface area (Å²) >= 11 is 0. The molecule has 2 aromatic carbocycles. The zero-order valence-corrected chi connectivity index (χ0v) is 13.1. The number of hydrogen-bond acceptors (Lipinski definition) is 2. The first kappa shape index (κ1) is 14.3. The van der Waals surface area contributed by atoms with Gasteiger partial charge >= 0.3 is 0 Å². The Kier molecular flexibility index (Phi) is 3.67. The molecule has 0 bridgehead atoms. The number of fused-ring (bicyclic) bond motifs is 1. The average molecular weight is 293 g/mol. The molecule has 0 N–H and O–H groups in total. The van der Waals surface area contributed by atoms with Gasteiger partial charge in [0.1, 0.15) is 5.82 Å². The maximum atomic E-state index is 12.6. The largest absolute Gasteiger partial charge is 0.337 e. The molecule has 0 aliphatic carbocycles. The SMILES string of the molecule is Cc1nc2cc(C(=O)N(C)Cc3ccccc3)ccc2n1C. The lowest BCUT2D eigenvalue weighted by Gasteiger charge is -2.17. The second-order valence-electron chi connectivity index (χ2n) is 5.57. The van der Waals surface area contributed by atoms with Gasteiger partial charge in [0.15, 0.2) is 0 Å². The summed E-state index contributed by atoms with van der Waals surface area (Å²) in [5.74, 6) is 0.950. The lowest BCUT2D eigenvalue weighted by atomic mass is 10.1. The van der Waals surface area contributed by atoms with Gasteiger partial charge in [0.2, 0.25) is 0 Å². The van der Waals surface area contributed by atoms with Gasteiger partial charge in [-0.1, -0.05) is 30.3 Å². The van der Waals surface area contributed by atoms with Crippen molar-refractivity contribution in [1.29, 1.82) is 0 Å². The Labute approximate surface area is 130 Å². The molecule has 0 fully saturated rings. The van der Waals surface area contributed by atoms with E-state index in [1.807, 2.05) is 74.1 Å². The fourth-order valence-electron chi connectivity index (χ4n) is 2.60. The number of carbonyl (C=O) groups excluding carboxylic acids is 1. The van der Waals surface area contributed by atoms with E-state index in [1.165, 1.54) is 0 Å². The van der Waals surface area contributed by atoms with Gasteiger partial charge in [0.05, 0.1) is 11.0 Å². The Morgan fingerprint density at radius 1 is 1.18 bits per heavy atom. The van der Waals surface area contributed by atoms with Gasteiger partial charge in [-0.3, -0.25) is 4.79 Å².